The van der Waals surface area contributed by atoms with Crippen LogP contribution in [0, 0.1) is 6.92 Å². The molecule has 1 atom stereocenters. The summed E-state index contributed by atoms with van der Waals surface area (Å²) in [5.41, 5.74) is 0.852. The van der Waals surface area contributed by atoms with Crippen molar-refractivity contribution in [1.82, 2.24) is 20.3 Å². The van der Waals surface area contributed by atoms with E-state index in [2.05, 4.69) is 20.4 Å². The summed E-state index contributed by atoms with van der Waals surface area (Å²) in [4.78, 5) is 23.4. The Kier molecular flexibility index (Phi) is 6.21. The highest BCUT2D eigenvalue weighted by Crippen LogP contribution is 2.18. The molecule has 140 valence electrons. The number of carboxylic acids is 1. The molecule has 26 heavy (non-hydrogen) atoms. The van der Waals surface area contributed by atoms with Crippen LogP contribution in [0.15, 0.2) is 24.3 Å². The van der Waals surface area contributed by atoms with Gasteiger partial charge in [0, 0.05) is 0 Å². The molecule has 1 aromatic heterocycles. The van der Waals surface area contributed by atoms with E-state index in [9.17, 15) is 18.4 Å². The summed E-state index contributed by atoms with van der Waals surface area (Å²) < 4.78 is 30.0. The number of benzene rings is 1. The summed E-state index contributed by atoms with van der Waals surface area (Å²) in [5, 5.41) is 19.2. The highest BCUT2D eigenvalue weighted by molar-refractivity contribution is 5.95. The number of carbonyl (C=O) groups is 2. The van der Waals surface area contributed by atoms with Crippen LogP contribution in [0.2, 0.25) is 0 Å². The summed E-state index contributed by atoms with van der Waals surface area (Å²) in [5.74, 6) is -1.78. The SMILES string of the molecule is CCCC(NC(=O)c1nnn(-c2ccc(OC(F)F)cc2)c1C)C(=O)O. The third kappa shape index (κ3) is 4.52. The summed E-state index contributed by atoms with van der Waals surface area (Å²) in [7, 11) is 0. The largest absolute Gasteiger partial charge is 0.480 e. The Morgan fingerprint density at radius 3 is 2.50 bits per heavy atom. The fourth-order valence-corrected chi connectivity index (χ4v) is 2.33. The lowest BCUT2D eigenvalue weighted by Gasteiger charge is -2.12. The van der Waals surface area contributed by atoms with Crippen LogP contribution in [0.3, 0.4) is 0 Å². The van der Waals surface area contributed by atoms with Crippen molar-refractivity contribution in [2.45, 2.75) is 39.3 Å². The number of aliphatic carboxylic acids is 1. The lowest BCUT2D eigenvalue weighted by atomic mass is 10.1. The average Bonchev–Trinajstić information content (AvgIpc) is 2.96. The number of amides is 1. The minimum Gasteiger partial charge on any atom is -0.480 e. The minimum atomic E-state index is -2.92. The minimum absolute atomic E-state index is 0.0108. The van der Waals surface area contributed by atoms with Crippen molar-refractivity contribution >= 4 is 11.9 Å². The third-order valence-electron chi connectivity index (χ3n) is 3.60. The quantitative estimate of drug-likeness (QED) is 0.740. The first-order chi connectivity index (χ1) is 12.3. The Hall–Kier alpha value is -3.04. The monoisotopic (exact) mass is 368 g/mol. The van der Waals surface area contributed by atoms with Gasteiger partial charge in [0.25, 0.3) is 5.91 Å². The number of hydrogen-bond donors (Lipinski definition) is 2. The van der Waals surface area contributed by atoms with Crippen molar-refractivity contribution in [3.8, 4) is 11.4 Å². The van der Waals surface area contributed by atoms with E-state index in [1.807, 2.05) is 6.92 Å². The molecular formula is C16H18F2N4O4. The van der Waals surface area contributed by atoms with Crippen LogP contribution in [0.1, 0.15) is 35.9 Å². The summed E-state index contributed by atoms with van der Waals surface area (Å²) in [6, 6.07) is 4.63. The van der Waals surface area contributed by atoms with E-state index in [0.717, 1.165) is 0 Å². The maximum Gasteiger partial charge on any atom is 0.387 e. The number of ether oxygens (including phenoxy) is 1. The first kappa shape index (κ1) is 19.3. The number of alkyl halides is 2. The van der Waals surface area contributed by atoms with Gasteiger partial charge in [-0.05, 0) is 37.6 Å². The lowest BCUT2D eigenvalue weighted by Crippen LogP contribution is -2.41. The molecule has 2 aromatic rings. The zero-order valence-corrected chi connectivity index (χ0v) is 14.1. The van der Waals surface area contributed by atoms with Crippen LogP contribution in [0.5, 0.6) is 5.75 Å². The molecule has 0 aliphatic heterocycles. The van der Waals surface area contributed by atoms with Crippen LogP contribution >= 0.6 is 0 Å². The second-order valence-corrected chi connectivity index (χ2v) is 5.46. The van der Waals surface area contributed by atoms with E-state index in [1.165, 1.54) is 28.9 Å². The van der Waals surface area contributed by atoms with Gasteiger partial charge in [0.05, 0.1) is 11.4 Å². The van der Waals surface area contributed by atoms with E-state index < -0.39 is 24.5 Å². The van der Waals surface area contributed by atoms with Crippen LogP contribution in [0.4, 0.5) is 8.78 Å². The zero-order chi connectivity index (χ0) is 19.3. The molecule has 0 aliphatic carbocycles. The molecule has 0 saturated carbocycles. The second kappa shape index (κ2) is 8.37. The van der Waals surface area contributed by atoms with Crippen molar-refractivity contribution in [2.24, 2.45) is 0 Å². The van der Waals surface area contributed by atoms with E-state index in [0.29, 0.717) is 24.2 Å². The van der Waals surface area contributed by atoms with Crippen molar-refractivity contribution in [3.05, 3.63) is 35.7 Å². The van der Waals surface area contributed by atoms with Crippen LogP contribution in [-0.4, -0.2) is 44.6 Å². The van der Waals surface area contributed by atoms with Crippen LogP contribution in [-0.2, 0) is 4.79 Å². The molecule has 10 heteroatoms. The van der Waals surface area contributed by atoms with Gasteiger partial charge in [-0.3, -0.25) is 4.79 Å². The highest BCUT2D eigenvalue weighted by Gasteiger charge is 2.23. The first-order valence-corrected chi connectivity index (χ1v) is 7.84. The fourth-order valence-electron chi connectivity index (χ4n) is 2.33. The number of halogens is 2. The molecule has 1 unspecified atom stereocenters. The number of aromatic nitrogens is 3. The number of carboxylic acid groups (broad SMARTS) is 1. The topological polar surface area (TPSA) is 106 Å². The number of carbonyl (C=O) groups excluding carboxylic acids is 1. The van der Waals surface area contributed by atoms with Crippen molar-refractivity contribution in [2.75, 3.05) is 0 Å². The fraction of sp³-hybridized carbons (Fsp3) is 0.375. The molecule has 0 bridgehead atoms. The number of rotatable bonds is 8. The maximum atomic E-state index is 12.3. The van der Waals surface area contributed by atoms with Gasteiger partial charge in [-0.15, -0.1) is 5.10 Å². The molecule has 0 radical (unpaired) electrons. The van der Waals surface area contributed by atoms with Gasteiger partial charge < -0.3 is 15.2 Å². The molecule has 2 rings (SSSR count). The Balaban J connectivity index is 2.18. The molecule has 1 amide bonds. The number of hydrogen-bond acceptors (Lipinski definition) is 5. The van der Waals surface area contributed by atoms with E-state index in [4.69, 9.17) is 5.11 Å². The molecule has 1 aromatic carbocycles. The summed E-state index contributed by atoms with van der Waals surface area (Å²) in [6.45, 7) is 0.480. The van der Waals surface area contributed by atoms with E-state index in [-0.39, 0.29) is 11.4 Å². The van der Waals surface area contributed by atoms with Gasteiger partial charge >= 0.3 is 12.6 Å². The van der Waals surface area contributed by atoms with Gasteiger partial charge in [-0.25, -0.2) is 9.48 Å². The molecule has 0 aliphatic rings. The van der Waals surface area contributed by atoms with Crippen molar-refractivity contribution in [3.63, 3.8) is 0 Å². The van der Waals surface area contributed by atoms with E-state index in [1.54, 1.807) is 6.92 Å². The van der Waals surface area contributed by atoms with Crippen LogP contribution in [0.25, 0.3) is 5.69 Å². The predicted octanol–water partition coefficient (Wildman–Crippen LogP) is 2.16. The predicted molar refractivity (Wildman–Crippen MR) is 86.5 cm³/mol. The summed E-state index contributed by atoms with van der Waals surface area (Å²) >= 11 is 0. The zero-order valence-electron chi connectivity index (χ0n) is 14.1. The smallest absolute Gasteiger partial charge is 0.387 e. The third-order valence-corrected chi connectivity index (χ3v) is 3.60. The average molecular weight is 368 g/mol. The lowest BCUT2D eigenvalue weighted by molar-refractivity contribution is -0.139. The second-order valence-electron chi connectivity index (χ2n) is 5.46. The molecule has 2 N–H and O–H groups in total. The molecule has 1 heterocycles. The van der Waals surface area contributed by atoms with Crippen molar-refractivity contribution < 1.29 is 28.2 Å². The van der Waals surface area contributed by atoms with Gasteiger partial charge in [0.1, 0.15) is 11.8 Å². The van der Waals surface area contributed by atoms with Gasteiger partial charge in [-0.1, -0.05) is 18.6 Å². The normalized spacial score (nSPS) is 12.0. The highest BCUT2D eigenvalue weighted by atomic mass is 19.3. The summed E-state index contributed by atoms with van der Waals surface area (Å²) in [6.07, 6.45) is 0.885. The van der Waals surface area contributed by atoms with Gasteiger partial charge in [0.15, 0.2) is 5.69 Å². The van der Waals surface area contributed by atoms with Crippen LogP contribution < -0.4 is 10.1 Å². The maximum absolute atomic E-state index is 12.3. The van der Waals surface area contributed by atoms with Gasteiger partial charge in [0.2, 0.25) is 0 Å². The molecule has 0 saturated heterocycles. The van der Waals surface area contributed by atoms with Crippen molar-refractivity contribution in [1.29, 1.82) is 0 Å². The van der Waals surface area contributed by atoms with Gasteiger partial charge in [-0.2, -0.15) is 8.78 Å². The Morgan fingerprint density at radius 2 is 1.96 bits per heavy atom. The Labute approximate surface area is 147 Å². The van der Waals surface area contributed by atoms with E-state index >= 15 is 0 Å². The molecule has 0 fully saturated rings. The molecule has 8 nitrogen and oxygen atoms in total. The number of nitrogens with zero attached hydrogens (tertiary/aromatic N) is 3. The molecule has 0 spiro atoms. The Morgan fingerprint density at radius 1 is 1.31 bits per heavy atom. The Bertz CT molecular complexity index is 777. The standard InChI is InChI=1S/C16H18F2N4O4/c1-3-4-12(15(24)25)19-14(23)13-9(2)22(21-20-13)10-5-7-11(8-6-10)26-16(17)18/h5-8,12,16H,3-4H2,1-2H3,(H,19,23)(H,24,25). The number of nitrogens with one attached hydrogen (secondary N) is 1. The first-order valence-electron chi connectivity index (χ1n) is 7.84. The molecular weight excluding hydrogens is 350 g/mol.